The maximum Gasteiger partial charge on any atom is 0.405 e. The molecule has 2 fully saturated rings. The number of halogens is 3. The molecular formula is C23H27F3N8O3. The van der Waals surface area contributed by atoms with Gasteiger partial charge in [-0.1, -0.05) is 6.07 Å². The van der Waals surface area contributed by atoms with Crippen molar-refractivity contribution < 1.29 is 27.5 Å². The topological polar surface area (TPSA) is 149 Å². The molecule has 2 amide bonds. The zero-order valence-electron chi connectivity index (χ0n) is 20.1. The van der Waals surface area contributed by atoms with Crippen molar-refractivity contribution in [1.29, 1.82) is 0 Å². The number of primary amides is 1. The SMILES string of the molecule is CN=CC1C[C@@H]1COc1nc(C(=O)NCC(F)(F)F)nc(N2CCC(c3cccc(C(N)=O)n3)CC2)n1. The van der Waals surface area contributed by atoms with Gasteiger partial charge in [0, 0.05) is 49.8 Å². The van der Waals surface area contributed by atoms with Crippen LogP contribution < -0.4 is 20.7 Å². The van der Waals surface area contributed by atoms with Crippen molar-refractivity contribution in [2.45, 2.75) is 31.4 Å². The van der Waals surface area contributed by atoms with Crippen LogP contribution in [0.25, 0.3) is 0 Å². The highest BCUT2D eigenvalue weighted by Gasteiger charge is 2.36. The largest absolute Gasteiger partial charge is 0.463 e. The standard InChI is InChI=1S/C23H27F3N8O3/c1-28-10-14-9-15(14)11-37-22-32-19(20(36)29-12-23(24,25)26)31-21(33-22)34-7-5-13(6-8-34)16-3-2-4-17(30-16)18(27)35/h2-4,10,13-15H,5-9,11-12H2,1H3,(H2,27,35)(H,29,36)/t14?,15-/m1/s1. The van der Waals surface area contributed by atoms with Crippen LogP contribution in [0.2, 0.25) is 0 Å². The van der Waals surface area contributed by atoms with Crippen molar-refractivity contribution in [3.8, 4) is 6.01 Å². The van der Waals surface area contributed by atoms with Gasteiger partial charge in [-0.25, -0.2) is 4.98 Å². The summed E-state index contributed by atoms with van der Waals surface area (Å²) in [5.41, 5.74) is 6.27. The Balaban J connectivity index is 1.47. The molecule has 2 atom stereocenters. The lowest BCUT2D eigenvalue weighted by molar-refractivity contribution is -0.123. The summed E-state index contributed by atoms with van der Waals surface area (Å²) in [5.74, 6) is -1.41. The van der Waals surface area contributed by atoms with Crippen LogP contribution in [0.5, 0.6) is 6.01 Å². The molecule has 0 radical (unpaired) electrons. The van der Waals surface area contributed by atoms with Crippen LogP contribution >= 0.6 is 0 Å². The number of aliphatic imine (C=N–C) groups is 1. The highest BCUT2D eigenvalue weighted by Crippen LogP contribution is 2.37. The second-order valence-electron chi connectivity index (χ2n) is 8.99. The van der Waals surface area contributed by atoms with Crippen molar-refractivity contribution >= 4 is 24.0 Å². The van der Waals surface area contributed by atoms with Gasteiger partial charge in [0.25, 0.3) is 11.8 Å². The predicted molar refractivity (Wildman–Crippen MR) is 127 cm³/mol. The Labute approximate surface area is 210 Å². The zero-order chi connectivity index (χ0) is 26.6. The number of piperidine rings is 1. The maximum absolute atomic E-state index is 12.6. The number of ether oxygens (including phenoxy) is 1. The molecule has 0 bridgehead atoms. The summed E-state index contributed by atoms with van der Waals surface area (Å²) >= 11 is 0. The summed E-state index contributed by atoms with van der Waals surface area (Å²) in [6, 6.07) is 4.99. The number of nitrogens with zero attached hydrogens (tertiary/aromatic N) is 6. The van der Waals surface area contributed by atoms with Crippen molar-refractivity contribution in [3.05, 3.63) is 35.4 Å². The van der Waals surface area contributed by atoms with Gasteiger partial charge >= 0.3 is 12.2 Å². The van der Waals surface area contributed by atoms with E-state index in [9.17, 15) is 22.8 Å². The lowest BCUT2D eigenvalue weighted by atomic mass is 9.93. The van der Waals surface area contributed by atoms with Crippen LogP contribution in [0.4, 0.5) is 19.1 Å². The van der Waals surface area contributed by atoms with E-state index >= 15 is 0 Å². The third-order valence-electron chi connectivity index (χ3n) is 6.22. The number of carbonyl (C=O) groups is 2. The number of nitrogens with two attached hydrogens (primary N) is 1. The molecule has 198 valence electrons. The second-order valence-corrected chi connectivity index (χ2v) is 8.99. The number of amides is 2. The molecule has 2 aromatic heterocycles. The number of pyridine rings is 1. The monoisotopic (exact) mass is 520 g/mol. The normalized spacial score (nSPS) is 20.2. The molecule has 4 rings (SSSR count). The highest BCUT2D eigenvalue weighted by molar-refractivity contribution is 5.91. The fourth-order valence-corrected chi connectivity index (χ4v) is 4.12. The Hall–Kier alpha value is -3.84. The van der Waals surface area contributed by atoms with Gasteiger partial charge in [-0.2, -0.15) is 28.1 Å². The minimum atomic E-state index is -4.57. The van der Waals surface area contributed by atoms with E-state index in [4.69, 9.17) is 10.5 Å². The molecule has 0 spiro atoms. The van der Waals surface area contributed by atoms with Gasteiger partial charge in [-0.05, 0) is 31.4 Å². The summed E-state index contributed by atoms with van der Waals surface area (Å²) in [4.78, 5) is 46.4. The van der Waals surface area contributed by atoms with Gasteiger partial charge in [-0.15, -0.1) is 0 Å². The Morgan fingerprint density at radius 3 is 2.65 bits per heavy atom. The maximum atomic E-state index is 12.6. The number of hydrogen-bond acceptors (Lipinski definition) is 9. The molecule has 1 aliphatic carbocycles. The Morgan fingerprint density at radius 1 is 1.22 bits per heavy atom. The number of nitrogens with one attached hydrogen (secondary N) is 1. The van der Waals surface area contributed by atoms with Crippen molar-refractivity contribution in [3.63, 3.8) is 0 Å². The number of anilines is 1. The molecule has 14 heteroatoms. The van der Waals surface area contributed by atoms with Gasteiger partial charge < -0.3 is 25.7 Å². The van der Waals surface area contributed by atoms with Gasteiger partial charge in [0.05, 0.1) is 6.61 Å². The number of hydrogen-bond donors (Lipinski definition) is 2. The van der Waals surface area contributed by atoms with Crippen molar-refractivity contribution in [2.24, 2.45) is 22.6 Å². The summed E-state index contributed by atoms with van der Waals surface area (Å²) in [7, 11) is 1.69. The lowest BCUT2D eigenvalue weighted by Gasteiger charge is -2.31. The van der Waals surface area contributed by atoms with E-state index in [1.807, 2.05) is 17.2 Å². The molecule has 0 aromatic carbocycles. The summed E-state index contributed by atoms with van der Waals surface area (Å²) in [5, 5.41) is 1.79. The third-order valence-corrected chi connectivity index (χ3v) is 6.22. The Morgan fingerprint density at radius 2 is 1.97 bits per heavy atom. The third kappa shape index (κ3) is 7.11. The van der Waals surface area contributed by atoms with Gasteiger partial charge in [0.2, 0.25) is 11.8 Å². The lowest BCUT2D eigenvalue weighted by Crippen LogP contribution is -2.37. The molecule has 37 heavy (non-hydrogen) atoms. The van der Waals surface area contributed by atoms with Crippen molar-refractivity contribution in [2.75, 3.05) is 38.2 Å². The number of rotatable bonds is 9. The van der Waals surface area contributed by atoms with Crippen LogP contribution in [-0.4, -0.2) is 77.4 Å². The summed E-state index contributed by atoms with van der Waals surface area (Å²) < 4.78 is 43.5. The van der Waals surface area contributed by atoms with E-state index in [2.05, 4.69) is 24.9 Å². The van der Waals surface area contributed by atoms with Crippen LogP contribution in [0, 0.1) is 11.8 Å². The number of alkyl halides is 3. The molecule has 3 heterocycles. The zero-order valence-corrected chi connectivity index (χ0v) is 20.1. The van der Waals surface area contributed by atoms with Crippen LogP contribution in [0.3, 0.4) is 0 Å². The van der Waals surface area contributed by atoms with E-state index in [-0.39, 0.29) is 36.1 Å². The van der Waals surface area contributed by atoms with Gasteiger partial charge in [0.15, 0.2) is 0 Å². The second kappa shape index (κ2) is 11.0. The summed E-state index contributed by atoms with van der Waals surface area (Å²) in [6.07, 6.45) is -0.554. The highest BCUT2D eigenvalue weighted by atomic mass is 19.4. The first-order valence-corrected chi connectivity index (χ1v) is 11.8. The average Bonchev–Trinajstić information content (AvgIpc) is 3.63. The number of aromatic nitrogens is 4. The minimum Gasteiger partial charge on any atom is -0.463 e. The molecule has 1 saturated carbocycles. The Bertz CT molecular complexity index is 1170. The Kier molecular flexibility index (Phi) is 7.83. The molecule has 1 aliphatic heterocycles. The molecule has 2 aliphatic rings. The van der Waals surface area contributed by atoms with Crippen LogP contribution in [0.1, 0.15) is 52.0 Å². The van der Waals surface area contributed by atoms with E-state index < -0.39 is 30.4 Å². The van der Waals surface area contributed by atoms with Crippen molar-refractivity contribution in [1.82, 2.24) is 25.3 Å². The van der Waals surface area contributed by atoms with E-state index in [0.717, 1.165) is 12.1 Å². The first kappa shape index (κ1) is 26.2. The molecule has 11 nitrogen and oxygen atoms in total. The smallest absolute Gasteiger partial charge is 0.405 e. The van der Waals surface area contributed by atoms with Gasteiger partial charge in [-0.3, -0.25) is 9.59 Å². The molecule has 3 N–H and O–H groups in total. The fourth-order valence-electron chi connectivity index (χ4n) is 4.12. The van der Waals surface area contributed by atoms with E-state index in [0.29, 0.717) is 31.8 Å². The van der Waals surface area contributed by atoms with Crippen LogP contribution in [0.15, 0.2) is 23.2 Å². The molecule has 1 unspecified atom stereocenters. The predicted octanol–water partition coefficient (Wildman–Crippen LogP) is 1.76. The molecule has 2 aromatic rings. The minimum absolute atomic E-state index is 0.0645. The van der Waals surface area contributed by atoms with E-state index in [1.165, 1.54) is 0 Å². The first-order valence-electron chi connectivity index (χ1n) is 11.8. The molecule has 1 saturated heterocycles. The summed E-state index contributed by atoms with van der Waals surface area (Å²) in [6.45, 7) is -0.255. The number of carbonyl (C=O) groups excluding carboxylic acids is 2. The van der Waals surface area contributed by atoms with E-state index in [1.54, 1.807) is 24.5 Å². The van der Waals surface area contributed by atoms with Gasteiger partial charge in [0.1, 0.15) is 12.2 Å². The quantitative estimate of drug-likeness (QED) is 0.475. The van der Waals surface area contributed by atoms with Crippen LogP contribution in [-0.2, 0) is 0 Å². The average molecular weight is 521 g/mol. The first-order chi connectivity index (χ1) is 17.6. The fraction of sp³-hybridized carbons (Fsp3) is 0.522. The molecular weight excluding hydrogens is 493 g/mol.